The minimum atomic E-state index is -2.74. The number of aromatic nitrogens is 2. The lowest BCUT2D eigenvalue weighted by atomic mass is 10.2. The largest absolute Gasteiger partial charge is 0.368 e. The molecule has 1 aliphatic rings. The van der Waals surface area contributed by atoms with Gasteiger partial charge in [-0.3, -0.25) is 0 Å². The molecule has 0 radical (unpaired) electrons. The third-order valence-corrected chi connectivity index (χ3v) is 5.40. The monoisotopic (exact) mass is 291 g/mol. The van der Waals surface area contributed by atoms with E-state index < -0.39 is 9.84 Å². The van der Waals surface area contributed by atoms with E-state index in [0.29, 0.717) is 18.1 Å². The van der Waals surface area contributed by atoms with Crippen LogP contribution in [-0.2, 0) is 9.84 Å². The van der Waals surface area contributed by atoms with Crippen LogP contribution in [0.4, 0.5) is 5.82 Å². The predicted molar refractivity (Wildman–Crippen MR) is 78.9 cm³/mol. The highest BCUT2D eigenvalue weighted by Crippen LogP contribution is 2.19. The first-order chi connectivity index (χ1) is 9.52. The van der Waals surface area contributed by atoms with E-state index in [2.05, 4.69) is 10.4 Å². The average molecular weight is 291 g/mol. The Balaban J connectivity index is 1.61. The molecule has 3 rings (SSSR count). The zero-order chi connectivity index (χ0) is 14.2. The number of aryl methyl sites for hydroxylation is 1. The van der Waals surface area contributed by atoms with Crippen molar-refractivity contribution in [1.82, 2.24) is 9.78 Å². The van der Waals surface area contributed by atoms with Crippen molar-refractivity contribution in [2.75, 3.05) is 23.4 Å². The van der Waals surface area contributed by atoms with E-state index >= 15 is 0 Å². The van der Waals surface area contributed by atoms with Crippen LogP contribution >= 0.6 is 0 Å². The van der Waals surface area contributed by atoms with Gasteiger partial charge in [-0.25, -0.2) is 13.1 Å². The van der Waals surface area contributed by atoms with Gasteiger partial charge in [0.05, 0.1) is 17.2 Å². The standard InChI is InChI=1S/C14H17N3O2S/c1-11-2-4-13(5-3-11)17-7-6-14(16-17)15-8-12-9-20(18,19)10-12/h2-7,12H,8-10H2,1H3,(H,15,16). The molecule has 2 heterocycles. The zero-order valence-electron chi connectivity index (χ0n) is 11.3. The summed E-state index contributed by atoms with van der Waals surface area (Å²) in [6.07, 6.45) is 1.89. The SMILES string of the molecule is Cc1ccc(-n2ccc(NCC3CS(=O)(=O)C3)n2)cc1. The van der Waals surface area contributed by atoms with E-state index in [-0.39, 0.29) is 5.92 Å². The summed E-state index contributed by atoms with van der Waals surface area (Å²) in [5, 5.41) is 7.62. The summed E-state index contributed by atoms with van der Waals surface area (Å²) in [5.41, 5.74) is 2.22. The molecular weight excluding hydrogens is 274 g/mol. The summed E-state index contributed by atoms with van der Waals surface area (Å²) in [6, 6.07) is 10.0. The van der Waals surface area contributed by atoms with Crippen molar-refractivity contribution in [3.63, 3.8) is 0 Å². The number of hydrogen-bond acceptors (Lipinski definition) is 4. The number of nitrogens with one attached hydrogen (secondary N) is 1. The van der Waals surface area contributed by atoms with E-state index in [4.69, 9.17) is 0 Å². The van der Waals surface area contributed by atoms with Crippen LogP contribution in [0.3, 0.4) is 0 Å². The van der Waals surface area contributed by atoms with Crippen LogP contribution in [0.1, 0.15) is 5.56 Å². The van der Waals surface area contributed by atoms with Crippen molar-refractivity contribution in [2.24, 2.45) is 5.92 Å². The molecule has 20 heavy (non-hydrogen) atoms. The van der Waals surface area contributed by atoms with Crippen LogP contribution in [0.2, 0.25) is 0 Å². The maximum atomic E-state index is 11.1. The zero-order valence-corrected chi connectivity index (χ0v) is 12.1. The Kier molecular flexibility index (Phi) is 3.25. The minimum Gasteiger partial charge on any atom is -0.368 e. The molecule has 1 N–H and O–H groups in total. The van der Waals surface area contributed by atoms with Gasteiger partial charge < -0.3 is 5.32 Å². The van der Waals surface area contributed by atoms with Crippen molar-refractivity contribution in [3.8, 4) is 5.69 Å². The molecule has 1 aromatic carbocycles. The third-order valence-electron chi connectivity index (χ3n) is 3.44. The Hall–Kier alpha value is -1.82. The van der Waals surface area contributed by atoms with E-state index in [1.807, 2.05) is 43.5 Å². The van der Waals surface area contributed by atoms with Crippen LogP contribution in [0.15, 0.2) is 36.5 Å². The molecule has 6 heteroatoms. The molecule has 0 spiro atoms. The number of rotatable bonds is 4. The summed E-state index contributed by atoms with van der Waals surface area (Å²) >= 11 is 0. The maximum absolute atomic E-state index is 11.1. The lowest BCUT2D eigenvalue weighted by Gasteiger charge is -2.25. The second kappa shape index (κ2) is 4.94. The number of sulfone groups is 1. The van der Waals surface area contributed by atoms with Crippen LogP contribution in [0.5, 0.6) is 0 Å². The molecular formula is C14H17N3O2S. The fourth-order valence-electron chi connectivity index (χ4n) is 2.30. The Labute approximate surface area is 118 Å². The Morgan fingerprint density at radius 3 is 2.60 bits per heavy atom. The first kappa shape index (κ1) is 13.2. The topological polar surface area (TPSA) is 64.0 Å². The van der Waals surface area contributed by atoms with Crippen molar-refractivity contribution in [3.05, 3.63) is 42.1 Å². The van der Waals surface area contributed by atoms with Gasteiger partial charge in [0.2, 0.25) is 0 Å². The van der Waals surface area contributed by atoms with E-state index in [1.165, 1.54) is 5.56 Å². The van der Waals surface area contributed by atoms with Crippen molar-refractivity contribution in [2.45, 2.75) is 6.92 Å². The van der Waals surface area contributed by atoms with Crippen molar-refractivity contribution in [1.29, 1.82) is 0 Å². The van der Waals surface area contributed by atoms with Crippen molar-refractivity contribution >= 4 is 15.7 Å². The molecule has 0 saturated carbocycles. The lowest BCUT2D eigenvalue weighted by Crippen LogP contribution is -2.40. The van der Waals surface area contributed by atoms with Gasteiger partial charge in [-0.2, -0.15) is 5.10 Å². The molecule has 1 aliphatic heterocycles. The molecule has 0 unspecified atom stereocenters. The Morgan fingerprint density at radius 1 is 1.25 bits per heavy atom. The van der Waals surface area contributed by atoms with Crippen LogP contribution in [-0.4, -0.2) is 36.2 Å². The second-order valence-electron chi connectivity index (χ2n) is 5.30. The molecule has 0 atom stereocenters. The highest BCUT2D eigenvalue weighted by molar-refractivity contribution is 7.92. The summed E-state index contributed by atoms with van der Waals surface area (Å²) in [4.78, 5) is 0. The quantitative estimate of drug-likeness (QED) is 0.930. The summed E-state index contributed by atoms with van der Waals surface area (Å²) in [5.74, 6) is 1.57. The van der Waals surface area contributed by atoms with E-state index in [1.54, 1.807) is 4.68 Å². The highest BCUT2D eigenvalue weighted by atomic mass is 32.2. The number of benzene rings is 1. The van der Waals surface area contributed by atoms with Crippen LogP contribution in [0, 0.1) is 12.8 Å². The first-order valence-corrected chi connectivity index (χ1v) is 8.41. The number of hydrogen-bond donors (Lipinski definition) is 1. The fraction of sp³-hybridized carbons (Fsp3) is 0.357. The third kappa shape index (κ3) is 2.85. The fourth-order valence-corrected chi connectivity index (χ4v) is 3.87. The second-order valence-corrected chi connectivity index (χ2v) is 7.46. The molecule has 1 aromatic heterocycles. The Morgan fingerprint density at radius 2 is 1.95 bits per heavy atom. The van der Waals surface area contributed by atoms with Crippen LogP contribution in [0.25, 0.3) is 5.69 Å². The van der Waals surface area contributed by atoms with Gasteiger partial charge in [0.1, 0.15) is 5.82 Å². The molecule has 0 aliphatic carbocycles. The number of nitrogens with zero attached hydrogens (tertiary/aromatic N) is 2. The smallest absolute Gasteiger partial charge is 0.151 e. The van der Waals surface area contributed by atoms with Gasteiger partial charge in [0, 0.05) is 24.7 Å². The molecule has 1 saturated heterocycles. The summed E-state index contributed by atoms with van der Waals surface area (Å²) in [7, 11) is -2.74. The lowest BCUT2D eigenvalue weighted by molar-refractivity contribution is 0.532. The summed E-state index contributed by atoms with van der Waals surface area (Å²) < 4.78 is 24.0. The van der Waals surface area contributed by atoms with Gasteiger partial charge in [-0.15, -0.1) is 0 Å². The molecule has 106 valence electrons. The highest BCUT2D eigenvalue weighted by Gasteiger charge is 2.32. The van der Waals surface area contributed by atoms with Crippen LogP contribution < -0.4 is 5.32 Å². The Bertz CT molecular complexity index is 692. The van der Waals surface area contributed by atoms with Gasteiger partial charge in [-0.1, -0.05) is 17.7 Å². The number of anilines is 1. The molecule has 0 amide bonds. The minimum absolute atomic E-state index is 0.213. The molecule has 5 nitrogen and oxygen atoms in total. The van der Waals surface area contributed by atoms with E-state index in [0.717, 1.165) is 11.5 Å². The van der Waals surface area contributed by atoms with Gasteiger partial charge in [0.15, 0.2) is 9.84 Å². The van der Waals surface area contributed by atoms with Gasteiger partial charge in [-0.05, 0) is 19.1 Å². The van der Waals surface area contributed by atoms with E-state index in [9.17, 15) is 8.42 Å². The van der Waals surface area contributed by atoms with Crippen molar-refractivity contribution < 1.29 is 8.42 Å². The van der Waals surface area contributed by atoms with Gasteiger partial charge >= 0.3 is 0 Å². The van der Waals surface area contributed by atoms with Gasteiger partial charge in [0.25, 0.3) is 0 Å². The summed E-state index contributed by atoms with van der Waals surface area (Å²) in [6.45, 7) is 2.71. The first-order valence-electron chi connectivity index (χ1n) is 6.59. The molecule has 2 aromatic rings. The predicted octanol–water partition coefficient (Wildman–Crippen LogP) is 1.64. The molecule has 0 bridgehead atoms. The maximum Gasteiger partial charge on any atom is 0.151 e. The average Bonchev–Trinajstić information content (AvgIpc) is 2.83. The normalized spacial score (nSPS) is 17.6. The molecule has 1 fully saturated rings.